The Bertz CT molecular complexity index is 736. The molecule has 1 aliphatic rings. The van der Waals surface area contributed by atoms with Crippen molar-refractivity contribution >= 4 is 11.8 Å². The van der Waals surface area contributed by atoms with Gasteiger partial charge < -0.3 is 20.5 Å². The lowest BCUT2D eigenvalue weighted by molar-refractivity contribution is -0.0135. The topological polar surface area (TPSA) is 116 Å². The van der Waals surface area contributed by atoms with Crippen molar-refractivity contribution in [2.75, 3.05) is 13.2 Å². The molecule has 3 N–H and O–H groups in total. The average Bonchev–Trinajstić information content (AvgIpc) is 2.64. The van der Waals surface area contributed by atoms with Crippen molar-refractivity contribution in [2.24, 2.45) is 5.73 Å². The Balaban J connectivity index is 1.66. The van der Waals surface area contributed by atoms with E-state index in [1.807, 2.05) is 0 Å². The van der Waals surface area contributed by atoms with Crippen molar-refractivity contribution in [1.29, 1.82) is 0 Å². The molecule has 1 aromatic carbocycles. The number of rotatable bonds is 5. The van der Waals surface area contributed by atoms with Crippen LogP contribution in [0.15, 0.2) is 42.9 Å². The van der Waals surface area contributed by atoms with Crippen LogP contribution in [0.2, 0.25) is 0 Å². The zero-order chi connectivity index (χ0) is 17.6. The molecular formula is C17H18N4O4. The van der Waals surface area contributed by atoms with Gasteiger partial charge in [-0.1, -0.05) is 0 Å². The van der Waals surface area contributed by atoms with Crippen LogP contribution in [0.5, 0.6) is 5.75 Å². The van der Waals surface area contributed by atoms with Gasteiger partial charge in [0.1, 0.15) is 17.5 Å². The van der Waals surface area contributed by atoms with E-state index in [9.17, 15) is 9.59 Å². The SMILES string of the molecule is NC(=O)c1ccc(O[C@@H]2COCC[C@H]2NC(=O)c2cnccn2)cc1. The van der Waals surface area contributed by atoms with Gasteiger partial charge in [-0.2, -0.15) is 0 Å². The molecule has 2 aromatic rings. The molecule has 1 aromatic heterocycles. The molecule has 0 spiro atoms. The number of nitrogens with zero attached hydrogens (tertiary/aromatic N) is 2. The van der Waals surface area contributed by atoms with Crippen LogP contribution in [0.3, 0.4) is 0 Å². The largest absolute Gasteiger partial charge is 0.486 e. The molecule has 0 unspecified atom stereocenters. The Morgan fingerprint density at radius 3 is 2.72 bits per heavy atom. The van der Waals surface area contributed by atoms with Crippen molar-refractivity contribution in [3.05, 3.63) is 54.1 Å². The van der Waals surface area contributed by atoms with Gasteiger partial charge in [0.05, 0.1) is 18.8 Å². The summed E-state index contributed by atoms with van der Waals surface area (Å²) in [5.41, 5.74) is 5.87. The minimum absolute atomic E-state index is 0.223. The Morgan fingerprint density at radius 2 is 2.04 bits per heavy atom. The molecule has 8 heteroatoms. The van der Waals surface area contributed by atoms with Crippen LogP contribution in [0.4, 0.5) is 0 Å². The third kappa shape index (κ3) is 4.30. The lowest BCUT2D eigenvalue weighted by Crippen LogP contribution is -2.51. The molecule has 2 amide bonds. The molecule has 1 fully saturated rings. The molecule has 8 nitrogen and oxygen atoms in total. The number of primary amides is 1. The van der Waals surface area contributed by atoms with Gasteiger partial charge in [0, 0.05) is 24.6 Å². The molecule has 0 radical (unpaired) electrons. The number of carbonyl (C=O) groups is 2. The number of hydrogen-bond donors (Lipinski definition) is 2. The van der Waals surface area contributed by atoms with Gasteiger partial charge in [-0.15, -0.1) is 0 Å². The average molecular weight is 342 g/mol. The van der Waals surface area contributed by atoms with Crippen molar-refractivity contribution in [3.63, 3.8) is 0 Å². The number of hydrogen-bond acceptors (Lipinski definition) is 6. The minimum Gasteiger partial charge on any atom is -0.486 e. The van der Waals surface area contributed by atoms with Crippen LogP contribution >= 0.6 is 0 Å². The highest BCUT2D eigenvalue weighted by Crippen LogP contribution is 2.19. The third-order valence-corrected chi connectivity index (χ3v) is 3.84. The second-order valence-corrected chi connectivity index (χ2v) is 5.58. The highest BCUT2D eigenvalue weighted by atomic mass is 16.5. The van der Waals surface area contributed by atoms with Crippen LogP contribution in [0.1, 0.15) is 27.3 Å². The van der Waals surface area contributed by atoms with Crippen molar-refractivity contribution in [3.8, 4) is 5.75 Å². The number of ether oxygens (including phenoxy) is 2. The quantitative estimate of drug-likeness (QED) is 0.819. The zero-order valence-electron chi connectivity index (χ0n) is 13.4. The molecule has 2 heterocycles. The Morgan fingerprint density at radius 1 is 1.24 bits per heavy atom. The predicted molar refractivity (Wildman–Crippen MR) is 88.1 cm³/mol. The summed E-state index contributed by atoms with van der Waals surface area (Å²) in [5.74, 6) is -0.237. The van der Waals surface area contributed by atoms with Crippen LogP contribution in [0, 0.1) is 0 Å². The molecular weight excluding hydrogens is 324 g/mol. The first kappa shape index (κ1) is 16.8. The Kier molecular flexibility index (Phi) is 5.20. The van der Waals surface area contributed by atoms with Gasteiger partial charge in [0.25, 0.3) is 5.91 Å². The van der Waals surface area contributed by atoms with Gasteiger partial charge >= 0.3 is 0 Å². The highest BCUT2D eigenvalue weighted by Gasteiger charge is 2.29. The van der Waals surface area contributed by atoms with E-state index >= 15 is 0 Å². The van der Waals surface area contributed by atoms with Crippen molar-refractivity contribution < 1.29 is 19.1 Å². The summed E-state index contributed by atoms with van der Waals surface area (Å²) >= 11 is 0. The summed E-state index contributed by atoms with van der Waals surface area (Å²) < 4.78 is 11.4. The lowest BCUT2D eigenvalue weighted by Gasteiger charge is -2.32. The number of carbonyl (C=O) groups excluding carboxylic acids is 2. The molecule has 2 atom stereocenters. The summed E-state index contributed by atoms with van der Waals surface area (Å²) in [6.45, 7) is 0.884. The number of aromatic nitrogens is 2. The van der Waals surface area contributed by atoms with Crippen molar-refractivity contribution in [2.45, 2.75) is 18.6 Å². The zero-order valence-corrected chi connectivity index (χ0v) is 13.4. The molecule has 25 heavy (non-hydrogen) atoms. The van der Waals surface area contributed by atoms with E-state index in [2.05, 4.69) is 15.3 Å². The maximum atomic E-state index is 12.3. The van der Waals surface area contributed by atoms with Gasteiger partial charge in [-0.3, -0.25) is 14.6 Å². The van der Waals surface area contributed by atoms with E-state index < -0.39 is 5.91 Å². The molecule has 1 saturated heterocycles. The second kappa shape index (κ2) is 7.71. The van der Waals surface area contributed by atoms with Gasteiger partial charge in [-0.05, 0) is 30.7 Å². The Hall–Kier alpha value is -3.00. The van der Waals surface area contributed by atoms with E-state index in [4.69, 9.17) is 15.2 Å². The van der Waals surface area contributed by atoms with Gasteiger partial charge in [-0.25, -0.2) is 4.98 Å². The molecule has 130 valence electrons. The normalized spacial score (nSPS) is 19.8. The van der Waals surface area contributed by atoms with Gasteiger partial charge in [0.15, 0.2) is 0 Å². The minimum atomic E-state index is -0.498. The fourth-order valence-corrected chi connectivity index (χ4v) is 2.52. The number of nitrogens with one attached hydrogen (secondary N) is 1. The second-order valence-electron chi connectivity index (χ2n) is 5.58. The first-order valence-corrected chi connectivity index (χ1v) is 7.84. The number of nitrogens with two attached hydrogens (primary N) is 1. The van der Waals surface area contributed by atoms with Gasteiger partial charge in [0.2, 0.25) is 5.91 Å². The first-order chi connectivity index (χ1) is 12.1. The lowest BCUT2D eigenvalue weighted by atomic mass is 10.1. The maximum absolute atomic E-state index is 12.3. The monoisotopic (exact) mass is 342 g/mol. The van der Waals surface area contributed by atoms with E-state index in [1.165, 1.54) is 18.6 Å². The molecule has 0 saturated carbocycles. The fourth-order valence-electron chi connectivity index (χ4n) is 2.52. The first-order valence-electron chi connectivity index (χ1n) is 7.84. The summed E-state index contributed by atoms with van der Waals surface area (Å²) in [5, 5.41) is 2.91. The summed E-state index contributed by atoms with van der Waals surface area (Å²) in [7, 11) is 0. The van der Waals surface area contributed by atoms with Crippen LogP contribution < -0.4 is 15.8 Å². The number of benzene rings is 1. The molecule has 0 aliphatic carbocycles. The summed E-state index contributed by atoms with van der Waals surface area (Å²) in [6.07, 6.45) is 4.65. The van der Waals surface area contributed by atoms with E-state index in [0.717, 1.165) is 0 Å². The standard InChI is InChI=1S/C17H18N4O4/c18-16(22)11-1-3-12(4-2-11)25-15-10-24-8-5-13(15)21-17(23)14-9-19-6-7-20-14/h1-4,6-7,9,13,15H,5,8,10H2,(H2,18,22)(H,21,23)/t13-,15-/m1/s1. The van der Waals surface area contributed by atoms with Crippen LogP contribution in [-0.4, -0.2) is 47.1 Å². The third-order valence-electron chi connectivity index (χ3n) is 3.84. The molecule has 1 aliphatic heterocycles. The smallest absolute Gasteiger partial charge is 0.271 e. The maximum Gasteiger partial charge on any atom is 0.271 e. The summed E-state index contributed by atoms with van der Waals surface area (Å²) in [6, 6.07) is 6.29. The number of amides is 2. The molecule has 3 rings (SSSR count). The predicted octanol–water partition coefficient (Wildman–Crippen LogP) is 0.542. The van der Waals surface area contributed by atoms with E-state index in [-0.39, 0.29) is 23.7 Å². The van der Waals surface area contributed by atoms with Crippen LogP contribution in [-0.2, 0) is 4.74 Å². The van der Waals surface area contributed by atoms with Crippen molar-refractivity contribution in [1.82, 2.24) is 15.3 Å². The highest BCUT2D eigenvalue weighted by molar-refractivity contribution is 5.93. The summed E-state index contributed by atoms with van der Waals surface area (Å²) in [4.78, 5) is 31.3. The van der Waals surface area contributed by atoms with Crippen LogP contribution in [0.25, 0.3) is 0 Å². The fraction of sp³-hybridized carbons (Fsp3) is 0.294. The molecule has 0 bridgehead atoms. The van der Waals surface area contributed by atoms with E-state index in [1.54, 1.807) is 24.3 Å². The van der Waals surface area contributed by atoms with E-state index in [0.29, 0.717) is 30.9 Å². The Labute approximate surface area is 144 Å².